The molecule has 0 bridgehead atoms. The first-order valence-corrected chi connectivity index (χ1v) is 22.5. The molecule has 310 valence electrons. The first-order valence-electron chi connectivity index (χ1n) is 24.5. The molecule has 0 saturated carbocycles. The van der Waals surface area contributed by atoms with Gasteiger partial charge in [-0.3, -0.25) is 0 Å². The van der Waals surface area contributed by atoms with E-state index in [0.717, 1.165) is 83.3 Å². The van der Waals surface area contributed by atoms with Crippen molar-refractivity contribution in [3.05, 3.63) is 295 Å². The zero-order valence-corrected chi connectivity index (χ0v) is 36.1. The van der Waals surface area contributed by atoms with Crippen LogP contribution in [0.15, 0.2) is 273 Å². The molecule has 1 nitrogen and oxygen atoms in total. The Kier molecular flexibility index (Phi) is 8.75. The Labute approximate surface area is 392 Å². The number of hydrogen-bond acceptors (Lipinski definition) is 1. The van der Waals surface area contributed by atoms with Crippen molar-refractivity contribution in [2.24, 2.45) is 0 Å². The van der Waals surface area contributed by atoms with Crippen molar-refractivity contribution in [2.45, 2.75) is 5.41 Å². The molecule has 1 heteroatoms. The van der Waals surface area contributed by atoms with E-state index in [-0.39, 0.29) is 29.9 Å². The normalized spacial score (nSPS) is 13.2. The molecule has 0 heterocycles. The molecule has 0 unspecified atom stereocenters. The largest absolute Gasteiger partial charge is 0.310 e. The molecule has 0 fully saturated rings. The summed E-state index contributed by atoms with van der Waals surface area (Å²) in [4.78, 5) is 1.97. The maximum Gasteiger partial charge on any atom is 0.0714 e. The fourth-order valence-corrected chi connectivity index (χ4v) is 10.2. The maximum atomic E-state index is 10.2. The van der Waals surface area contributed by atoms with Gasteiger partial charge in [-0.2, -0.15) is 0 Å². The molecule has 0 saturated heterocycles. The molecule has 11 aromatic carbocycles. The van der Waals surface area contributed by atoms with Crippen LogP contribution >= 0.6 is 0 Å². The molecule has 0 amide bonds. The lowest BCUT2D eigenvalue weighted by Gasteiger charge is -2.35. The van der Waals surface area contributed by atoms with Crippen molar-refractivity contribution < 1.29 is 5.48 Å². The molecule has 0 atom stereocenters. The van der Waals surface area contributed by atoms with Crippen molar-refractivity contribution in [1.29, 1.82) is 0 Å². The van der Waals surface area contributed by atoms with Gasteiger partial charge in [-0.05, 0) is 143 Å². The summed E-state index contributed by atoms with van der Waals surface area (Å²) in [6.07, 6.45) is 0. The average Bonchev–Trinajstić information content (AvgIpc) is 3.73. The number of hydrogen-bond donors (Lipinski definition) is 0. The molecule has 0 N–H and O–H groups in total. The Balaban J connectivity index is 1.10. The summed E-state index contributed by atoms with van der Waals surface area (Å²) in [5.41, 5.74) is 15.3. The summed E-state index contributed by atoms with van der Waals surface area (Å²) in [5, 5.41) is 1.85. The molecule has 0 radical (unpaired) electrons. The highest BCUT2D eigenvalue weighted by Gasteiger charge is 2.46. The Hall–Kier alpha value is -8.52. The number of fused-ring (bicyclic) bond motifs is 4. The van der Waals surface area contributed by atoms with Gasteiger partial charge in [-0.25, -0.2) is 0 Å². The molecule has 0 spiro atoms. The van der Waals surface area contributed by atoms with E-state index in [1.165, 1.54) is 5.56 Å². The predicted octanol–water partition coefficient (Wildman–Crippen LogP) is 17.3. The van der Waals surface area contributed by atoms with Gasteiger partial charge in [-0.1, -0.05) is 218 Å². The van der Waals surface area contributed by atoms with E-state index >= 15 is 0 Å². The van der Waals surface area contributed by atoms with Crippen LogP contribution in [0.3, 0.4) is 0 Å². The highest BCUT2D eigenvalue weighted by molar-refractivity contribution is 5.98. The first-order chi connectivity index (χ1) is 34.4. The SMILES string of the molecule is [2H]c1c([2H])c(-c2cccc3ccccc23)c([2H])c(N(c2ccc(-c3cc(-c4ccccc4)cc(-c4ccccc4)c3)cc2)c2ccc3c(c2)C(c2ccccc2)(c2ccccc2)c2ccccc2-3)c1[2H]. The zero-order chi connectivity index (χ0) is 47.3. The van der Waals surface area contributed by atoms with Crippen LogP contribution in [-0.2, 0) is 5.41 Å². The van der Waals surface area contributed by atoms with Crippen molar-refractivity contribution >= 4 is 27.8 Å². The highest BCUT2D eigenvalue weighted by Crippen LogP contribution is 2.57. The third kappa shape index (κ3) is 6.73. The Morgan fingerprint density at radius 1 is 0.318 bits per heavy atom. The quantitative estimate of drug-likeness (QED) is 0.140. The Bertz CT molecular complexity index is 3640. The van der Waals surface area contributed by atoms with E-state index < -0.39 is 5.41 Å². The van der Waals surface area contributed by atoms with Crippen molar-refractivity contribution in [1.82, 2.24) is 0 Å². The van der Waals surface area contributed by atoms with E-state index in [2.05, 4.69) is 194 Å². The van der Waals surface area contributed by atoms with Crippen LogP contribution in [-0.4, -0.2) is 0 Å². The van der Waals surface area contributed by atoms with Crippen LogP contribution in [0.2, 0.25) is 0 Å². The van der Waals surface area contributed by atoms with E-state index in [1.807, 2.05) is 59.5 Å². The minimum absolute atomic E-state index is 0.00987. The van der Waals surface area contributed by atoms with E-state index in [0.29, 0.717) is 11.1 Å². The number of nitrogens with zero attached hydrogens (tertiary/aromatic N) is 1. The van der Waals surface area contributed by atoms with Gasteiger partial charge in [0.1, 0.15) is 0 Å². The van der Waals surface area contributed by atoms with Gasteiger partial charge in [0.15, 0.2) is 0 Å². The lowest BCUT2D eigenvalue weighted by Crippen LogP contribution is -2.28. The van der Waals surface area contributed by atoms with E-state index in [4.69, 9.17) is 0 Å². The fraction of sp³-hybridized carbons (Fsp3) is 0.0154. The van der Waals surface area contributed by atoms with Crippen LogP contribution < -0.4 is 4.90 Å². The second-order valence-corrected chi connectivity index (χ2v) is 16.9. The smallest absolute Gasteiger partial charge is 0.0714 e. The standard InChI is InChI=1S/C65H45N/c1-5-19-46(20-6-1)51-41-52(47-21-7-2-8-22-47)43-53(42-51)48-35-37-56(38-36-48)66(57-30-17-25-50(44-57)60-33-18-24-49-23-13-14-31-59(49)60)58-39-40-62-61-32-15-16-34-63(61)65(64(62)45-58,54-26-9-3-10-27-54)55-28-11-4-12-29-55/h1-45H/i17D,25D,30D,44D. The predicted molar refractivity (Wildman–Crippen MR) is 278 cm³/mol. The molecule has 0 aliphatic heterocycles. The lowest BCUT2D eigenvalue weighted by atomic mass is 9.67. The van der Waals surface area contributed by atoms with Crippen LogP contribution in [0, 0.1) is 0 Å². The molecule has 1 aliphatic rings. The minimum atomic E-state index is -0.701. The lowest BCUT2D eigenvalue weighted by molar-refractivity contribution is 0.768. The Morgan fingerprint density at radius 2 is 0.818 bits per heavy atom. The molecule has 12 rings (SSSR count). The summed E-state index contributed by atoms with van der Waals surface area (Å²) in [6, 6.07) is 85.7. The maximum absolute atomic E-state index is 10.2. The highest BCUT2D eigenvalue weighted by atomic mass is 15.1. The first kappa shape index (κ1) is 34.9. The molecular formula is C65H45N. The van der Waals surface area contributed by atoms with Gasteiger partial charge in [-0.15, -0.1) is 0 Å². The summed E-state index contributed by atoms with van der Waals surface area (Å²) >= 11 is 0. The van der Waals surface area contributed by atoms with Crippen molar-refractivity contribution in [3.63, 3.8) is 0 Å². The van der Waals surface area contributed by atoms with Crippen molar-refractivity contribution in [3.8, 4) is 55.6 Å². The summed E-state index contributed by atoms with van der Waals surface area (Å²) in [6.45, 7) is 0. The topological polar surface area (TPSA) is 3.24 Å². The van der Waals surface area contributed by atoms with Gasteiger partial charge in [0, 0.05) is 17.1 Å². The molecule has 66 heavy (non-hydrogen) atoms. The average molecular weight is 844 g/mol. The van der Waals surface area contributed by atoms with Gasteiger partial charge < -0.3 is 4.90 Å². The number of rotatable bonds is 9. The monoisotopic (exact) mass is 843 g/mol. The third-order valence-electron chi connectivity index (χ3n) is 13.2. The van der Waals surface area contributed by atoms with Crippen molar-refractivity contribution in [2.75, 3.05) is 4.90 Å². The number of benzene rings is 11. The van der Waals surface area contributed by atoms with Gasteiger partial charge in [0.25, 0.3) is 0 Å². The Morgan fingerprint density at radius 3 is 1.47 bits per heavy atom. The zero-order valence-electron chi connectivity index (χ0n) is 40.1. The van der Waals surface area contributed by atoms with Crippen LogP contribution in [0.25, 0.3) is 66.4 Å². The minimum Gasteiger partial charge on any atom is -0.310 e. The summed E-state index contributed by atoms with van der Waals surface area (Å²) in [5.74, 6) is 0. The van der Waals surface area contributed by atoms with Crippen LogP contribution in [0.5, 0.6) is 0 Å². The molecule has 11 aromatic rings. The molecular weight excluding hydrogens is 795 g/mol. The van der Waals surface area contributed by atoms with Gasteiger partial charge in [0.2, 0.25) is 0 Å². The van der Waals surface area contributed by atoms with Crippen LogP contribution in [0.1, 0.15) is 27.7 Å². The number of anilines is 3. The second kappa shape index (κ2) is 16.6. The van der Waals surface area contributed by atoms with Gasteiger partial charge >= 0.3 is 0 Å². The van der Waals surface area contributed by atoms with Crippen LogP contribution in [0.4, 0.5) is 17.1 Å². The second-order valence-electron chi connectivity index (χ2n) is 16.9. The summed E-state index contributed by atoms with van der Waals surface area (Å²) < 4.78 is 38.8. The molecule has 0 aromatic heterocycles. The fourth-order valence-electron chi connectivity index (χ4n) is 10.2. The summed E-state index contributed by atoms with van der Waals surface area (Å²) in [7, 11) is 0. The van der Waals surface area contributed by atoms with E-state index in [1.54, 1.807) is 0 Å². The third-order valence-corrected chi connectivity index (χ3v) is 13.2. The van der Waals surface area contributed by atoms with E-state index in [9.17, 15) is 5.48 Å². The van der Waals surface area contributed by atoms with Gasteiger partial charge in [0.05, 0.1) is 10.9 Å². The molecule has 1 aliphatic carbocycles.